The number of amides is 2. The van der Waals surface area contributed by atoms with Crippen LogP contribution in [0.1, 0.15) is 65.2 Å². The number of nitrogens with two attached hydrogens (primary N) is 1. The fourth-order valence-electron chi connectivity index (χ4n) is 4.26. The second-order valence-corrected chi connectivity index (χ2v) is 11.3. The average molecular weight is 504 g/mol. The molecule has 1 saturated carbocycles. The summed E-state index contributed by atoms with van der Waals surface area (Å²) < 4.78 is 40.5. The number of halogens is 2. The van der Waals surface area contributed by atoms with E-state index < -0.39 is 27.8 Å². The van der Waals surface area contributed by atoms with Gasteiger partial charge < -0.3 is 10.6 Å². The molecule has 1 atom stereocenters. The first-order valence-corrected chi connectivity index (χ1v) is 13.4. The van der Waals surface area contributed by atoms with Gasteiger partial charge in [-0.25, -0.2) is 17.5 Å². The molecule has 1 aromatic rings. The van der Waals surface area contributed by atoms with Gasteiger partial charge in [0.1, 0.15) is 16.8 Å². The number of sulfonamides is 1. The molecule has 0 saturated heterocycles. The molecule has 10 heteroatoms. The molecule has 0 unspecified atom stereocenters. The molecule has 3 N–H and O–H groups in total. The molecule has 0 aliphatic heterocycles. The van der Waals surface area contributed by atoms with Crippen LogP contribution in [-0.4, -0.2) is 44.3 Å². The largest absolute Gasteiger partial charge is 0.368 e. The highest BCUT2D eigenvalue weighted by molar-refractivity contribution is 7.89. The Labute approximate surface area is 201 Å². The van der Waals surface area contributed by atoms with Gasteiger partial charge in [-0.1, -0.05) is 38.3 Å². The van der Waals surface area contributed by atoms with Gasteiger partial charge in [-0.3, -0.25) is 9.59 Å². The van der Waals surface area contributed by atoms with Crippen molar-refractivity contribution < 1.29 is 22.4 Å². The van der Waals surface area contributed by atoms with Crippen LogP contribution in [0.15, 0.2) is 23.1 Å². The van der Waals surface area contributed by atoms with E-state index in [4.69, 9.17) is 17.3 Å². The van der Waals surface area contributed by atoms with Gasteiger partial charge in [0.25, 0.3) is 0 Å². The van der Waals surface area contributed by atoms with Gasteiger partial charge in [0, 0.05) is 19.5 Å². The molecule has 0 aromatic heterocycles. The van der Waals surface area contributed by atoms with Gasteiger partial charge in [0.15, 0.2) is 0 Å². The summed E-state index contributed by atoms with van der Waals surface area (Å²) >= 11 is 5.86. The van der Waals surface area contributed by atoms with E-state index in [1.165, 1.54) is 0 Å². The predicted molar refractivity (Wildman–Crippen MR) is 127 cm³/mol. The second kappa shape index (κ2) is 12.7. The van der Waals surface area contributed by atoms with E-state index in [1.54, 1.807) is 4.90 Å². The summed E-state index contributed by atoms with van der Waals surface area (Å²) in [6.45, 7) is 4.40. The molecule has 1 aliphatic carbocycles. The minimum Gasteiger partial charge on any atom is -0.368 e. The van der Waals surface area contributed by atoms with Crippen molar-refractivity contribution in [2.75, 3.05) is 13.1 Å². The third-order valence-corrected chi connectivity index (χ3v) is 7.90. The zero-order valence-electron chi connectivity index (χ0n) is 19.4. The van der Waals surface area contributed by atoms with Crippen LogP contribution in [0.25, 0.3) is 0 Å². The number of nitrogens with one attached hydrogen (secondary N) is 1. The molecule has 186 valence electrons. The van der Waals surface area contributed by atoms with Gasteiger partial charge in [-0.2, -0.15) is 0 Å². The number of hydrogen-bond donors (Lipinski definition) is 2. The van der Waals surface area contributed by atoms with Crippen LogP contribution >= 0.6 is 11.6 Å². The number of rotatable bonds is 13. The van der Waals surface area contributed by atoms with E-state index >= 15 is 0 Å². The van der Waals surface area contributed by atoms with Crippen molar-refractivity contribution in [2.45, 2.75) is 76.2 Å². The highest BCUT2D eigenvalue weighted by Gasteiger charge is 2.30. The zero-order valence-corrected chi connectivity index (χ0v) is 20.9. The van der Waals surface area contributed by atoms with E-state index in [1.807, 2.05) is 13.8 Å². The van der Waals surface area contributed by atoms with Crippen molar-refractivity contribution in [3.05, 3.63) is 29.0 Å². The number of unbranched alkanes of at least 4 members (excludes halogenated alkanes) is 1. The highest BCUT2D eigenvalue weighted by Crippen LogP contribution is 2.29. The van der Waals surface area contributed by atoms with Crippen LogP contribution in [0.3, 0.4) is 0 Å². The Morgan fingerprint density at radius 2 is 1.91 bits per heavy atom. The Bertz CT molecular complexity index is 920. The zero-order chi connectivity index (χ0) is 24.6. The second-order valence-electron chi connectivity index (χ2n) is 9.17. The van der Waals surface area contributed by atoms with E-state index in [-0.39, 0.29) is 28.3 Å². The lowest BCUT2D eigenvalue weighted by Crippen LogP contribution is -2.49. The summed E-state index contributed by atoms with van der Waals surface area (Å²) in [6.07, 6.45) is 6.15. The van der Waals surface area contributed by atoms with Crippen molar-refractivity contribution in [1.29, 1.82) is 0 Å². The smallest absolute Gasteiger partial charge is 0.242 e. The maximum absolute atomic E-state index is 13.2. The van der Waals surface area contributed by atoms with Crippen LogP contribution in [0.5, 0.6) is 0 Å². The molecule has 0 spiro atoms. The third-order valence-electron chi connectivity index (χ3n) is 5.96. The van der Waals surface area contributed by atoms with Gasteiger partial charge in [0.05, 0.1) is 5.02 Å². The number of primary amides is 1. The minimum atomic E-state index is -3.89. The molecule has 0 heterocycles. The molecule has 0 radical (unpaired) electrons. The van der Waals surface area contributed by atoms with Crippen molar-refractivity contribution in [3.8, 4) is 0 Å². The molecule has 1 aromatic carbocycles. The molecular weight excluding hydrogens is 469 g/mol. The predicted octanol–water partition coefficient (Wildman–Crippen LogP) is 3.85. The lowest BCUT2D eigenvalue weighted by Gasteiger charge is -2.32. The summed E-state index contributed by atoms with van der Waals surface area (Å²) in [5.74, 6) is -0.664. The third kappa shape index (κ3) is 8.54. The summed E-state index contributed by atoms with van der Waals surface area (Å²) in [5, 5.41) is -0.191. The molecule has 1 aliphatic rings. The SMILES string of the molecule is CC(C)C[C@@H](C(N)=O)N(CCCCNS(=O)(=O)c1ccc(F)cc1Cl)C(=O)CC1CCCC1. The van der Waals surface area contributed by atoms with Crippen molar-refractivity contribution in [1.82, 2.24) is 9.62 Å². The number of nitrogens with zero attached hydrogens (tertiary/aromatic N) is 1. The summed E-state index contributed by atoms with van der Waals surface area (Å²) in [6, 6.07) is 2.43. The lowest BCUT2D eigenvalue weighted by atomic mass is 9.98. The standard InChI is InChI=1S/C23H35ClFN3O4S/c1-16(2)13-20(23(26)30)28(22(29)14-17-7-3-4-8-17)12-6-5-11-27-33(31,32)21-10-9-18(25)15-19(21)24/h9-10,15-17,20,27H,3-8,11-14H2,1-2H3,(H2,26,30)/t20-/m0/s1. The topological polar surface area (TPSA) is 110 Å². The molecule has 2 rings (SSSR count). The summed E-state index contributed by atoms with van der Waals surface area (Å²) in [7, 11) is -3.89. The van der Waals surface area contributed by atoms with Gasteiger partial charge >= 0.3 is 0 Å². The number of carbonyl (C=O) groups is 2. The van der Waals surface area contributed by atoms with Gasteiger partial charge in [0.2, 0.25) is 21.8 Å². The van der Waals surface area contributed by atoms with E-state index in [9.17, 15) is 22.4 Å². The molecule has 33 heavy (non-hydrogen) atoms. The Morgan fingerprint density at radius 3 is 2.48 bits per heavy atom. The normalized spacial score (nSPS) is 15.7. The van der Waals surface area contributed by atoms with Gasteiger partial charge in [-0.05, 0) is 62.1 Å². The lowest BCUT2D eigenvalue weighted by molar-refractivity contribution is -0.140. The van der Waals surface area contributed by atoms with E-state index in [2.05, 4.69) is 4.72 Å². The maximum Gasteiger partial charge on any atom is 0.242 e. The Hall–Kier alpha value is -1.71. The number of hydrogen-bond acceptors (Lipinski definition) is 4. The first-order chi connectivity index (χ1) is 15.5. The first kappa shape index (κ1) is 27.5. The number of carbonyl (C=O) groups excluding carboxylic acids is 2. The fraction of sp³-hybridized carbons (Fsp3) is 0.652. The van der Waals surface area contributed by atoms with Crippen LogP contribution in [-0.2, 0) is 19.6 Å². The molecular formula is C23H35ClFN3O4S. The maximum atomic E-state index is 13.2. The van der Waals surface area contributed by atoms with Gasteiger partial charge in [-0.15, -0.1) is 0 Å². The molecule has 2 amide bonds. The van der Waals surface area contributed by atoms with Crippen LogP contribution in [0, 0.1) is 17.7 Å². The highest BCUT2D eigenvalue weighted by atomic mass is 35.5. The van der Waals surface area contributed by atoms with Crippen LogP contribution < -0.4 is 10.5 Å². The quantitative estimate of drug-likeness (QED) is 0.398. The van der Waals surface area contributed by atoms with E-state index in [0.717, 1.165) is 43.9 Å². The van der Waals surface area contributed by atoms with Crippen LogP contribution in [0.2, 0.25) is 5.02 Å². The van der Waals surface area contributed by atoms with Crippen molar-refractivity contribution in [3.63, 3.8) is 0 Å². The van der Waals surface area contributed by atoms with Crippen molar-refractivity contribution >= 4 is 33.4 Å². The Balaban J connectivity index is 1.96. The average Bonchev–Trinajstić information content (AvgIpc) is 3.21. The molecule has 0 bridgehead atoms. The summed E-state index contributed by atoms with van der Waals surface area (Å²) in [4.78, 5) is 26.6. The fourth-order valence-corrected chi connectivity index (χ4v) is 5.86. The summed E-state index contributed by atoms with van der Waals surface area (Å²) in [5.41, 5.74) is 5.64. The minimum absolute atomic E-state index is 0.0648. The Morgan fingerprint density at radius 1 is 1.24 bits per heavy atom. The number of benzene rings is 1. The van der Waals surface area contributed by atoms with E-state index in [0.29, 0.717) is 38.1 Å². The van der Waals surface area contributed by atoms with Crippen molar-refractivity contribution in [2.24, 2.45) is 17.6 Å². The molecule has 7 nitrogen and oxygen atoms in total. The monoisotopic (exact) mass is 503 g/mol. The Kier molecular flexibility index (Phi) is 10.6. The van der Waals surface area contributed by atoms with Crippen LogP contribution in [0.4, 0.5) is 4.39 Å². The molecule has 1 fully saturated rings. The first-order valence-electron chi connectivity index (χ1n) is 11.5.